The van der Waals surface area contributed by atoms with E-state index < -0.39 is 0 Å². The molecule has 1 fully saturated rings. The molecule has 0 atom stereocenters. The third-order valence-corrected chi connectivity index (χ3v) is 5.93. The van der Waals surface area contributed by atoms with Crippen molar-refractivity contribution in [2.24, 2.45) is 0 Å². The number of fused-ring (bicyclic) bond motifs is 1. The van der Waals surface area contributed by atoms with Gasteiger partial charge in [0.1, 0.15) is 11.5 Å². The standard InChI is InChI=1S/C21H22BrFN4O/c1-14-5-6-27-19(15(2)24-20(27)11-14)13-25-7-9-26(10-8-25)21(28)17-4-3-16(23)12-18(17)22/h3-6,11-12H,7-10,13H2,1-2H3. The summed E-state index contributed by atoms with van der Waals surface area (Å²) in [6.07, 6.45) is 2.08. The average Bonchev–Trinajstić information content (AvgIpc) is 2.96. The molecule has 146 valence electrons. The highest BCUT2D eigenvalue weighted by atomic mass is 79.9. The molecular weight excluding hydrogens is 423 g/mol. The molecule has 0 radical (unpaired) electrons. The van der Waals surface area contributed by atoms with Gasteiger partial charge in [0.05, 0.1) is 17.0 Å². The van der Waals surface area contributed by atoms with Crippen molar-refractivity contribution in [2.75, 3.05) is 26.2 Å². The number of carbonyl (C=O) groups excluding carboxylic acids is 1. The lowest BCUT2D eigenvalue weighted by atomic mass is 10.1. The Balaban J connectivity index is 1.43. The Hall–Kier alpha value is -2.25. The van der Waals surface area contributed by atoms with Gasteiger partial charge >= 0.3 is 0 Å². The minimum atomic E-state index is -0.355. The Morgan fingerprint density at radius 2 is 1.89 bits per heavy atom. The molecule has 0 aliphatic carbocycles. The van der Waals surface area contributed by atoms with Gasteiger partial charge in [-0.2, -0.15) is 0 Å². The lowest BCUT2D eigenvalue weighted by molar-refractivity contribution is 0.0625. The highest BCUT2D eigenvalue weighted by molar-refractivity contribution is 9.10. The van der Waals surface area contributed by atoms with Crippen LogP contribution in [0.4, 0.5) is 4.39 Å². The van der Waals surface area contributed by atoms with Crippen LogP contribution in [0.2, 0.25) is 0 Å². The first-order valence-electron chi connectivity index (χ1n) is 9.33. The number of carbonyl (C=O) groups is 1. The Morgan fingerprint density at radius 3 is 2.61 bits per heavy atom. The number of aromatic nitrogens is 2. The van der Waals surface area contributed by atoms with E-state index in [0.717, 1.165) is 31.0 Å². The van der Waals surface area contributed by atoms with E-state index in [1.165, 1.54) is 29.5 Å². The van der Waals surface area contributed by atoms with E-state index in [1.54, 1.807) is 0 Å². The molecular formula is C21H22BrFN4O. The van der Waals surface area contributed by atoms with Crippen molar-refractivity contribution >= 4 is 27.5 Å². The maximum absolute atomic E-state index is 13.3. The second-order valence-corrected chi connectivity index (χ2v) is 8.12. The first-order chi connectivity index (χ1) is 13.4. The molecule has 2 aromatic heterocycles. The zero-order valence-electron chi connectivity index (χ0n) is 16.0. The van der Waals surface area contributed by atoms with E-state index >= 15 is 0 Å². The molecule has 1 aromatic carbocycles. The molecule has 0 spiro atoms. The molecule has 0 saturated carbocycles. The van der Waals surface area contributed by atoms with Crippen LogP contribution < -0.4 is 0 Å². The van der Waals surface area contributed by atoms with Crippen molar-refractivity contribution in [3.05, 3.63) is 69.3 Å². The van der Waals surface area contributed by atoms with Crippen LogP contribution >= 0.6 is 15.9 Å². The largest absolute Gasteiger partial charge is 0.336 e. The van der Waals surface area contributed by atoms with Crippen LogP contribution in [0, 0.1) is 19.7 Å². The molecule has 4 rings (SSSR count). The molecule has 1 aliphatic heterocycles. The van der Waals surface area contributed by atoms with Crippen molar-refractivity contribution < 1.29 is 9.18 Å². The second-order valence-electron chi connectivity index (χ2n) is 7.27. The molecule has 0 bridgehead atoms. The molecule has 1 saturated heterocycles. The van der Waals surface area contributed by atoms with E-state index in [4.69, 9.17) is 0 Å². The van der Waals surface area contributed by atoms with Gasteiger partial charge in [-0.25, -0.2) is 9.37 Å². The monoisotopic (exact) mass is 444 g/mol. The van der Waals surface area contributed by atoms with Crippen molar-refractivity contribution in [2.45, 2.75) is 20.4 Å². The fourth-order valence-corrected chi connectivity index (χ4v) is 4.18. The fourth-order valence-electron chi connectivity index (χ4n) is 3.66. The van der Waals surface area contributed by atoms with Gasteiger partial charge in [0.15, 0.2) is 0 Å². The minimum absolute atomic E-state index is 0.0621. The SMILES string of the molecule is Cc1ccn2c(CN3CCN(C(=O)c4ccc(F)cc4Br)CC3)c(C)nc2c1. The lowest BCUT2D eigenvalue weighted by Crippen LogP contribution is -2.48. The second kappa shape index (κ2) is 7.64. The summed E-state index contributed by atoms with van der Waals surface area (Å²) in [5, 5.41) is 0. The Labute approximate surface area is 171 Å². The summed E-state index contributed by atoms with van der Waals surface area (Å²) in [4.78, 5) is 21.6. The van der Waals surface area contributed by atoms with Gasteiger partial charge in [-0.3, -0.25) is 9.69 Å². The van der Waals surface area contributed by atoms with Crippen LogP contribution in [0.5, 0.6) is 0 Å². The maximum atomic E-state index is 13.3. The third kappa shape index (κ3) is 3.69. The Kier molecular flexibility index (Phi) is 5.21. The van der Waals surface area contributed by atoms with E-state index in [2.05, 4.69) is 55.5 Å². The number of aryl methyl sites for hydroxylation is 2. The zero-order valence-corrected chi connectivity index (χ0v) is 17.5. The van der Waals surface area contributed by atoms with Crippen molar-refractivity contribution in [3.63, 3.8) is 0 Å². The van der Waals surface area contributed by atoms with Crippen molar-refractivity contribution in [1.82, 2.24) is 19.2 Å². The third-order valence-electron chi connectivity index (χ3n) is 5.28. The molecule has 3 aromatic rings. The number of hydrogen-bond acceptors (Lipinski definition) is 3. The molecule has 5 nitrogen and oxygen atoms in total. The first-order valence-corrected chi connectivity index (χ1v) is 10.1. The molecule has 28 heavy (non-hydrogen) atoms. The van der Waals surface area contributed by atoms with Crippen molar-refractivity contribution in [1.29, 1.82) is 0 Å². The number of piperazine rings is 1. The Bertz CT molecular complexity index is 1040. The number of amides is 1. The van der Waals surface area contributed by atoms with Gasteiger partial charge in [-0.05, 0) is 65.7 Å². The summed E-state index contributed by atoms with van der Waals surface area (Å²) in [5.74, 6) is -0.417. The van der Waals surface area contributed by atoms with Crippen molar-refractivity contribution in [3.8, 4) is 0 Å². The maximum Gasteiger partial charge on any atom is 0.255 e. The highest BCUT2D eigenvalue weighted by Crippen LogP contribution is 2.21. The molecule has 7 heteroatoms. The fraction of sp³-hybridized carbons (Fsp3) is 0.333. The van der Waals surface area contributed by atoms with Crippen LogP contribution in [0.15, 0.2) is 41.0 Å². The number of rotatable bonds is 3. The number of nitrogens with zero attached hydrogens (tertiary/aromatic N) is 4. The quantitative estimate of drug-likeness (QED) is 0.616. The summed E-state index contributed by atoms with van der Waals surface area (Å²) in [6.45, 7) is 7.81. The summed E-state index contributed by atoms with van der Waals surface area (Å²) in [7, 11) is 0. The van der Waals surface area contributed by atoms with Crippen LogP contribution in [0.25, 0.3) is 5.65 Å². The van der Waals surface area contributed by atoms with Gasteiger partial charge < -0.3 is 9.30 Å². The number of halogens is 2. The number of imidazole rings is 1. The zero-order chi connectivity index (χ0) is 19.8. The molecule has 0 N–H and O–H groups in total. The number of hydrogen-bond donors (Lipinski definition) is 0. The van der Waals surface area contributed by atoms with E-state index in [9.17, 15) is 9.18 Å². The Morgan fingerprint density at radius 1 is 1.14 bits per heavy atom. The van der Waals surface area contributed by atoms with Gasteiger partial charge in [-0.15, -0.1) is 0 Å². The van der Waals surface area contributed by atoms with E-state index in [0.29, 0.717) is 23.1 Å². The topological polar surface area (TPSA) is 40.9 Å². The van der Waals surface area contributed by atoms with Crippen LogP contribution in [-0.2, 0) is 6.54 Å². The molecule has 0 unspecified atom stereocenters. The molecule has 1 aliphatic rings. The predicted molar refractivity (Wildman–Crippen MR) is 110 cm³/mol. The number of pyridine rings is 1. The average molecular weight is 445 g/mol. The van der Waals surface area contributed by atoms with Gasteiger partial charge in [0, 0.05) is 43.4 Å². The van der Waals surface area contributed by atoms with E-state index in [1.807, 2.05) is 11.8 Å². The molecule has 1 amide bonds. The summed E-state index contributed by atoms with van der Waals surface area (Å²) in [6, 6.07) is 8.38. The van der Waals surface area contributed by atoms with Gasteiger partial charge in [0.25, 0.3) is 5.91 Å². The van der Waals surface area contributed by atoms with Gasteiger partial charge in [-0.1, -0.05) is 0 Å². The van der Waals surface area contributed by atoms with Crippen LogP contribution in [-0.4, -0.2) is 51.3 Å². The lowest BCUT2D eigenvalue weighted by Gasteiger charge is -2.35. The number of benzene rings is 1. The normalized spacial score (nSPS) is 15.4. The summed E-state index contributed by atoms with van der Waals surface area (Å²) < 4.78 is 15.9. The smallest absolute Gasteiger partial charge is 0.255 e. The minimum Gasteiger partial charge on any atom is -0.336 e. The first kappa shape index (κ1) is 19.1. The van der Waals surface area contributed by atoms with Crippen LogP contribution in [0.3, 0.4) is 0 Å². The van der Waals surface area contributed by atoms with E-state index in [-0.39, 0.29) is 11.7 Å². The molecule has 3 heterocycles. The predicted octanol–water partition coefficient (Wildman–Crippen LogP) is 3.81. The summed E-state index contributed by atoms with van der Waals surface area (Å²) >= 11 is 3.29. The highest BCUT2D eigenvalue weighted by Gasteiger charge is 2.24. The van der Waals surface area contributed by atoms with Gasteiger partial charge in [0.2, 0.25) is 0 Å². The summed E-state index contributed by atoms with van der Waals surface area (Å²) in [5.41, 5.74) is 4.91. The van der Waals surface area contributed by atoms with Crippen LogP contribution in [0.1, 0.15) is 27.3 Å².